The minimum absolute atomic E-state index is 0.792. The van der Waals surface area contributed by atoms with E-state index < -0.39 is 0 Å². The Balaban J connectivity index is 1.85. The minimum Gasteiger partial charge on any atom is -0.349 e. The van der Waals surface area contributed by atoms with Crippen LogP contribution in [-0.4, -0.2) is 23.1 Å². The van der Waals surface area contributed by atoms with Gasteiger partial charge in [0, 0.05) is 42.9 Å². The average molecular weight is 290 g/mol. The Bertz CT molecular complexity index is 534. The summed E-state index contributed by atoms with van der Waals surface area (Å²) in [7, 11) is 0. The fourth-order valence-corrected chi connectivity index (χ4v) is 3.04. The van der Waals surface area contributed by atoms with E-state index in [2.05, 4.69) is 34.0 Å². The summed E-state index contributed by atoms with van der Waals surface area (Å²) >= 11 is 1.76. The first kappa shape index (κ1) is 14.9. The van der Waals surface area contributed by atoms with Gasteiger partial charge in [0.1, 0.15) is 0 Å². The van der Waals surface area contributed by atoms with E-state index in [0.717, 1.165) is 42.7 Å². The molecule has 2 heterocycles. The van der Waals surface area contributed by atoms with Crippen LogP contribution < -0.4 is 10.2 Å². The van der Waals surface area contributed by atoms with Crippen LogP contribution in [0.1, 0.15) is 30.1 Å². The first-order valence-corrected chi connectivity index (χ1v) is 7.87. The number of thiazole rings is 1. The second-order valence-electron chi connectivity index (χ2n) is 4.66. The number of nitrogens with zero attached hydrogens (tertiary/aromatic N) is 3. The van der Waals surface area contributed by atoms with Gasteiger partial charge < -0.3 is 10.2 Å². The molecule has 1 N–H and O–H groups in total. The number of hydrogen-bond donors (Lipinski definition) is 1. The van der Waals surface area contributed by atoms with E-state index in [1.807, 2.05) is 31.3 Å². The summed E-state index contributed by atoms with van der Waals surface area (Å²) in [5, 5.41) is 4.53. The van der Waals surface area contributed by atoms with E-state index >= 15 is 0 Å². The van der Waals surface area contributed by atoms with Gasteiger partial charge in [-0.25, -0.2) is 4.98 Å². The molecule has 0 saturated heterocycles. The van der Waals surface area contributed by atoms with Crippen molar-refractivity contribution in [3.63, 3.8) is 0 Å². The van der Waals surface area contributed by atoms with Crippen LogP contribution in [0.25, 0.3) is 0 Å². The van der Waals surface area contributed by atoms with E-state index in [4.69, 9.17) is 0 Å². The molecule has 0 fully saturated rings. The lowest BCUT2D eigenvalue weighted by molar-refractivity contribution is 0.684. The quantitative estimate of drug-likeness (QED) is 0.851. The zero-order valence-corrected chi connectivity index (χ0v) is 13.2. The van der Waals surface area contributed by atoms with E-state index in [9.17, 15) is 0 Å². The summed E-state index contributed by atoms with van der Waals surface area (Å²) in [4.78, 5) is 12.5. The van der Waals surface area contributed by atoms with Crippen molar-refractivity contribution in [1.82, 2.24) is 15.3 Å². The molecule has 2 aromatic rings. The summed E-state index contributed by atoms with van der Waals surface area (Å²) < 4.78 is 0. The Morgan fingerprint density at radius 3 is 2.70 bits per heavy atom. The molecule has 2 rings (SSSR count). The van der Waals surface area contributed by atoms with Crippen molar-refractivity contribution in [2.24, 2.45) is 0 Å². The lowest BCUT2D eigenvalue weighted by Crippen LogP contribution is -2.21. The van der Waals surface area contributed by atoms with Crippen LogP contribution in [0.4, 0.5) is 5.13 Å². The van der Waals surface area contributed by atoms with Gasteiger partial charge in [-0.05, 0) is 32.9 Å². The summed E-state index contributed by atoms with van der Waals surface area (Å²) in [6.45, 7) is 9.98. The first-order chi connectivity index (χ1) is 9.72. The Hall–Kier alpha value is -1.46. The monoisotopic (exact) mass is 290 g/mol. The number of pyridine rings is 1. The molecule has 108 valence electrons. The average Bonchev–Trinajstić information content (AvgIpc) is 2.89. The van der Waals surface area contributed by atoms with Crippen molar-refractivity contribution < 1.29 is 0 Å². The van der Waals surface area contributed by atoms with Crippen LogP contribution in [0.2, 0.25) is 0 Å². The van der Waals surface area contributed by atoms with Crippen molar-refractivity contribution in [3.05, 3.63) is 40.7 Å². The predicted molar refractivity (Wildman–Crippen MR) is 85.2 cm³/mol. The van der Waals surface area contributed by atoms with Gasteiger partial charge in [-0.2, -0.15) is 0 Å². The Morgan fingerprint density at radius 2 is 2.00 bits per heavy atom. The molecule has 0 atom stereocenters. The maximum Gasteiger partial charge on any atom is 0.185 e. The SMILES string of the molecule is CCN(CC)c1ncc(CNCc2cccc(C)n2)s1. The molecule has 0 unspecified atom stereocenters. The summed E-state index contributed by atoms with van der Waals surface area (Å²) in [6, 6.07) is 6.11. The number of hydrogen-bond acceptors (Lipinski definition) is 5. The molecule has 0 radical (unpaired) electrons. The zero-order valence-electron chi connectivity index (χ0n) is 12.4. The van der Waals surface area contributed by atoms with Gasteiger partial charge in [-0.3, -0.25) is 4.98 Å². The Morgan fingerprint density at radius 1 is 1.20 bits per heavy atom. The third-order valence-electron chi connectivity index (χ3n) is 3.13. The topological polar surface area (TPSA) is 41.1 Å². The first-order valence-electron chi connectivity index (χ1n) is 7.05. The highest BCUT2D eigenvalue weighted by atomic mass is 32.1. The number of rotatable bonds is 7. The van der Waals surface area contributed by atoms with Gasteiger partial charge in [-0.15, -0.1) is 11.3 Å². The maximum atomic E-state index is 4.49. The Labute approximate surface area is 124 Å². The highest BCUT2D eigenvalue weighted by molar-refractivity contribution is 7.15. The van der Waals surface area contributed by atoms with Crippen molar-refractivity contribution >= 4 is 16.5 Å². The lowest BCUT2D eigenvalue weighted by Gasteiger charge is -2.16. The molecular formula is C15H22N4S. The van der Waals surface area contributed by atoms with Crippen LogP contribution in [0.3, 0.4) is 0 Å². The largest absolute Gasteiger partial charge is 0.349 e. The van der Waals surface area contributed by atoms with Gasteiger partial charge in [0.2, 0.25) is 0 Å². The third kappa shape index (κ3) is 4.02. The second-order valence-corrected chi connectivity index (χ2v) is 5.75. The summed E-state index contributed by atoms with van der Waals surface area (Å²) in [5.74, 6) is 0. The lowest BCUT2D eigenvalue weighted by atomic mass is 10.3. The van der Waals surface area contributed by atoms with Crippen molar-refractivity contribution in [2.75, 3.05) is 18.0 Å². The summed E-state index contributed by atoms with van der Waals surface area (Å²) in [6.07, 6.45) is 1.97. The highest BCUT2D eigenvalue weighted by Gasteiger charge is 2.07. The third-order valence-corrected chi connectivity index (χ3v) is 4.18. The molecule has 5 heteroatoms. The van der Waals surface area contributed by atoms with Crippen LogP contribution in [0, 0.1) is 6.92 Å². The van der Waals surface area contributed by atoms with Crippen LogP contribution >= 0.6 is 11.3 Å². The molecular weight excluding hydrogens is 268 g/mol. The number of nitrogens with one attached hydrogen (secondary N) is 1. The van der Waals surface area contributed by atoms with Gasteiger partial charge in [0.15, 0.2) is 5.13 Å². The predicted octanol–water partition coefficient (Wildman–Crippen LogP) is 2.98. The molecule has 20 heavy (non-hydrogen) atoms. The molecule has 0 aromatic carbocycles. The number of aromatic nitrogens is 2. The van der Waals surface area contributed by atoms with Gasteiger partial charge in [-0.1, -0.05) is 6.07 Å². The molecule has 0 saturated carbocycles. The van der Waals surface area contributed by atoms with Crippen molar-refractivity contribution in [2.45, 2.75) is 33.9 Å². The zero-order chi connectivity index (χ0) is 14.4. The van der Waals surface area contributed by atoms with E-state index in [0.29, 0.717) is 0 Å². The van der Waals surface area contributed by atoms with Crippen LogP contribution in [0.15, 0.2) is 24.4 Å². The Kier molecular flexibility index (Phi) is 5.49. The fraction of sp³-hybridized carbons (Fsp3) is 0.467. The highest BCUT2D eigenvalue weighted by Crippen LogP contribution is 2.22. The molecule has 0 aliphatic carbocycles. The minimum atomic E-state index is 0.792. The maximum absolute atomic E-state index is 4.49. The normalized spacial score (nSPS) is 10.8. The fourth-order valence-electron chi connectivity index (χ4n) is 2.03. The van der Waals surface area contributed by atoms with Crippen molar-refractivity contribution in [3.8, 4) is 0 Å². The van der Waals surface area contributed by atoms with E-state index in [1.54, 1.807) is 11.3 Å². The number of anilines is 1. The van der Waals surface area contributed by atoms with Crippen molar-refractivity contribution in [1.29, 1.82) is 0 Å². The molecule has 2 aromatic heterocycles. The standard InChI is InChI=1S/C15H22N4S/c1-4-19(5-2)15-17-11-14(20-15)10-16-9-13-8-6-7-12(3)18-13/h6-8,11,16H,4-5,9-10H2,1-3H3. The molecule has 4 nitrogen and oxygen atoms in total. The molecule has 0 aliphatic rings. The number of aryl methyl sites for hydroxylation is 1. The van der Waals surface area contributed by atoms with Gasteiger partial charge >= 0.3 is 0 Å². The van der Waals surface area contributed by atoms with E-state index in [-0.39, 0.29) is 0 Å². The van der Waals surface area contributed by atoms with Crippen LogP contribution in [0.5, 0.6) is 0 Å². The second kappa shape index (κ2) is 7.36. The van der Waals surface area contributed by atoms with Gasteiger partial charge in [0.05, 0.1) is 5.69 Å². The molecule has 0 amide bonds. The van der Waals surface area contributed by atoms with E-state index in [1.165, 1.54) is 4.88 Å². The van der Waals surface area contributed by atoms with Crippen LogP contribution in [-0.2, 0) is 13.1 Å². The smallest absolute Gasteiger partial charge is 0.185 e. The molecule has 0 spiro atoms. The molecule has 0 bridgehead atoms. The van der Waals surface area contributed by atoms with Gasteiger partial charge in [0.25, 0.3) is 0 Å². The molecule has 0 aliphatic heterocycles. The summed E-state index contributed by atoms with van der Waals surface area (Å²) in [5.41, 5.74) is 2.14.